The maximum atomic E-state index is 15.2. The first-order valence-electron chi connectivity index (χ1n) is 22.4. The number of hydrogen-bond acceptors (Lipinski definition) is 12. The van der Waals surface area contributed by atoms with Crippen molar-refractivity contribution in [2.75, 3.05) is 36.2 Å². The number of aliphatic hydroxyl groups excluding tert-OH is 2. The van der Waals surface area contributed by atoms with Crippen molar-refractivity contribution in [2.45, 2.75) is 94.9 Å². The summed E-state index contributed by atoms with van der Waals surface area (Å²) >= 11 is 0. The number of anilines is 3. The number of non-ortho nitro benzene ring substituents is 1. The number of amides is 2. The van der Waals surface area contributed by atoms with E-state index >= 15 is 4.79 Å². The smallest absolute Gasteiger partial charge is 0.269 e. The van der Waals surface area contributed by atoms with Crippen LogP contribution in [0.15, 0.2) is 97.2 Å². The third-order valence-electron chi connectivity index (χ3n) is 13.2. The van der Waals surface area contributed by atoms with E-state index in [0.717, 1.165) is 34.5 Å². The van der Waals surface area contributed by atoms with Gasteiger partial charge in [-0.1, -0.05) is 54.6 Å². The summed E-state index contributed by atoms with van der Waals surface area (Å²) < 4.78 is 14.4. The van der Waals surface area contributed by atoms with Crippen LogP contribution in [0, 0.1) is 16.0 Å². The van der Waals surface area contributed by atoms with Crippen LogP contribution >= 0.6 is 0 Å². The number of unbranched alkanes of at least 4 members (excludes halogenated alkanes) is 1. The maximum Gasteiger partial charge on any atom is 0.269 e. The van der Waals surface area contributed by atoms with Gasteiger partial charge in [0.2, 0.25) is 5.91 Å². The van der Waals surface area contributed by atoms with Crippen LogP contribution in [0.5, 0.6) is 5.75 Å². The first-order valence-corrected chi connectivity index (χ1v) is 25.4. The number of ether oxygens (including phenoxy) is 2. The normalized spacial score (nSPS) is 22.1. The summed E-state index contributed by atoms with van der Waals surface area (Å²) in [4.78, 5) is 56.2. The van der Waals surface area contributed by atoms with Crippen LogP contribution in [-0.4, -0.2) is 93.6 Å². The molecule has 0 bridgehead atoms. The van der Waals surface area contributed by atoms with Crippen LogP contribution in [0.3, 0.4) is 0 Å². The predicted octanol–water partition coefficient (Wildman–Crippen LogP) is 6.10. The fraction of sp³-hybridized carbons (Fsp3) is 0.417. The van der Waals surface area contributed by atoms with E-state index in [1.54, 1.807) is 26.7 Å². The molecule has 8 rings (SSSR count). The van der Waals surface area contributed by atoms with Crippen molar-refractivity contribution in [3.8, 4) is 5.75 Å². The summed E-state index contributed by atoms with van der Waals surface area (Å²) in [7, 11) is -3.07. The number of nitro benzene ring substituents is 1. The van der Waals surface area contributed by atoms with Gasteiger partial charge in [0.25, 0.3) is 11.6 Å². The van der Waals surface area contributed by atoms with E-state index in [9.17, 15) is 29.9 Å². The van der Waals surface area contributed by atoms with E-state index in [-0.39, 0.29) is 43.2 Å². The number of hydrogen-bond donors (Lipinski definition) is 4. The number of aromatic nitrogens is 3. The van der Waals surface area contributed by atoms with E-state index in [2.05, 4.69) is 15.6 Å². The fourth-order valence-corrected chi connectivity index (χ4v) is 12.8. The van der Waals surface area contributed by atoms with Gasteiger partial charge in [0, 0.05) is 54.2 Å². The first-order chi connectivity index (χ1) is 31.3. The Kier molecular flexibility index (Phi) is 13.3. The molecule has 1 saturated heterocycles. The van der Waals surface area contributed by atoms with Crippen molar-refractivity contribution in [1.29, 1.82) is 0 Å². The van der Waals surface area contributed by atoms with Crippen molar-refractivity contribution in [2.24, 2.45) is 5.92 Å². The molecule has 4 N–H and O–H groups in total. The molecule has 6 atom stereocenters. The zero-order valence-corrected chi connectivity index (χ0v) is 38.2. The number of carbonyl (C=O) groups excluding carboxylic acids is 2. The number of benzene rings is 4. The van der Waals surface area contributed by atoms with Gasteiger partial charge in [-0.3, -0.25) is 29.3 Å². The lowest BCUT2D eigenvalue weighted by atomic mass is 9.82. The zero-order chi connectivity index (χ0) is 46.0. The van der Waals surface area contributed by atoms with Crippen molar-refractivity contribution in [3.63, 3.8) is 0 Å². The van der Waals surface area contributed by atoms with Gasteiger partial charge in [0.1, 0.15) is 5.75 Å². The second kappa shape index (κ2) is 19.0. The second-order valence-electron chi connectivity index (χ2n) is 17.8. The number of aryl methyl sites for hydroxylation is 1. The van der Waals surface area contributed by atoms with Crippen LogP contribution in [0.4, 0.5) is 22.7 Å². The summed E-state index contributed by atoms with van der Waals surface area (Å²) in [6.07, 6.45) is 3.40. The van der Waals surface area contributed by atoms with Gasteiger partial charge in [-0.15, -0.1) is 5.10 Å². The molecule has 16 nitrogen and oxygen atoms in total. The highest BCUT2D eigenvalue weighted by molar-refractivity contribution is 6.71. The van der Waals surface area contributed by atoms with Crippen LogP contribution in [-0.2, 0) is 39.4 Å². The van der Waals surface area contributed by atoms with Gasteiger partial charge >= 0.3 is 0 Å². The number of aliphatic hydroxyl groups is 2. The van der Waals surface area contributed by atoms with Gasteiger partial charge in [-0.25, -0.2) is 0 Å². The number of carbonyl (C=O) groups is 2. The highest BCUT2D eigenvalue weighted by Gasteiger charge is 2.66. The van der Waals surface area contributed by atoms with E-state index in [1.165, 1.54) is 12.1 Å². The fourth-order valence-electron chi connectivity index (χ4n) is 10.2. The highest BCUT2D eigenvalue weighted by Crippen LogP contribution is 2.60. The Morgan fingerprint density at radius 1 is 1.02 bits per heavy atom. The van der Waals surface area contributed by atoms with Gasteiger partial charge in [-0.05, 0) is 105 Å². The van der Waals surface area contributed by atoms with Gasteiger partial charge < -0.3 is 34.7 Å². The molecule has 342 valence electrons. The molecule has 5 aromatic rings. The number of nitrogens with one attached hydrogen (secondary N) is 1. The lowest BCUT2D eigenvalue weighted by Gasteiger charge is -2.35. The summed E-state index contributed by atoms with van der Waals surface area (Å²) in [6, 6.07) is 26.7. The Bertz CT molecular complexity index is 2520. The number of fused-ring (bicyclic) bond motifs is 3. The topological polar surface area (TPSA) is 206 Å². The average Bonchev–Trinajstić information content (AvgIpc) is 3.95. The Hall–Kier alpha value is -5.82. The average molecular weight is 904 g/mol. The number of nitro groups is 1. The molecule has 0 saturated carbocycles. The van der Waals surface area contributed by atoms with E-state index in [0.29, 0.717) is 61.6 Å². The molecule has 2 unspecified atom stereocenters. The number of rotatable bonds is 18. The Morgan fingerprint density at radius 2 is 1.77 bits per heavy atom. The molecular formula is C48H57N7O9Si. The maximum absolute atomic E-state index is 15.2. The third kappa shape index (κ3) is 8.83. The first kappa shape index (κ1) is 45.7. The Labute approximate surface area is 379 Å². The molecule has 3 aliphatic heterocycles. The summed E-state index contributed by atoms with van der Waals surface area (Å²) in [5, 5.41) is 43.8. The molecule has 1 fully saturated rings. The third-order valence-corrected chi connectivity index (χ3v) is 15.7. The summed E-state index contributed by atoms with van der Waals surface area (Å²) in [6.45, 7) is 8.95. The van der Waals surface area contributed by atoms with Gasteiger partial charge in [0.15, 0.2) is 13.9 Å². The molecule has 3 aliphatic rings. The van der Waals surface area contributed by atoms with Crippen LogP contribution in [0.25, 0.3) is 0 Å². The largest absolute Gasteiger partial charge is 0.494 e. The van der Waals surface area contributed by atoms with Crippen LogP contribution in [0.1, 0.15) is 67.0 Å². The van der Waals surface area contributed by atoms with Crippen LogP contribution < -0.4 is 19.9 Å². The lowest BCUT2D eigenvalue weighted by Crippen LogP contribution is -2.49. The molecule has 0 aliphatic carbocycles. The number of nitrogens with zero attached hydrogens (tertiary/aromatic N) is 6. The van der Waals surface area contributed by atoms with Crippen LogP contribution in [0.2, 0.25) is 18.6 Å². The summed E-state index contributed by atoms with van der Waals surface area (Å²) in [5.41, 5.74) is 3.29. The molecule has 17 heteroatoms. The van der Waals surface area contributed by atoms with E-state index in [1.807, 2.05) is 99.7 Å². The molecule has 2 amide bonds. The van der Waals surface area contributed by atoms with E-state index < -0.39 is 42.4 Å². The van der Waals surface area contributed by atoms with E-state index in [4.69, 9.17) is 9.47 Å². The van der Waals surface area contributed by atoms with Gasteiger partial charge in [-0.2, -0.15) is 0 Å². The van der Waals surface area contributed by atoms with Crippen molar-refractivity contribution in [1.82, 2.24) is 20.3 Å². The molecule has 0 radical (unpaired) electrons. The minimum absolute atomic E-state index is 0.0830. The monoisotopic (exact) mass is 903 g/mol. The standard InChI is InChI=1S/C48H57N7O9Si/c1-5-63-37-18-20-42-34(25-37)26-40(49-22-9-10-24-56)46(58)54(42)35-15-13-32(14-16-35)28-53-43-19-17-36(55(60)61)27-39(43)48(47(53)59)31(2)45(65(3,4)62)44(64-48)21-23-52-29-41(50-51-52)38(30-57)33-11-7-6-8-12-33/h6-8,11-20,25,27,29,31,38,40,44-45,49,56-57,62H,5,9-10,21-24,26,28,30H2,1-4H3/t31-,38?,40?,44+,45-,48+/m0/s1. The molecule has 1 spiro atoms. The predicted molar refractivity (Wildman–Crippen MR) is 246 cm³/mol. The quantitative estimate of drug-likeness (QED) is 0.0341. The Balaban J connectivity index is 1.07. The van der Waals surface area contributed by atoms with Crippen molar-refractivity contribution in [3.05, 3.63) is 135 Å². The zero-order valence-electron chi connectivity index (χ0n) is 37.2. The van der Waals surface area contributed by atoms with Crippen molar-refractivity contribution < 1.29 is 39.0 Å². The minimum Gasteiger partial charge on any atom is -0.494 e. The second-order valence-corrected chi connectivity index (χ2v) is 21.7. The summed E-state index contributed by atoms with van der Waals surface area (Å²) in [5.74, 6) is -0.673. The van der Waals surface area contributed by atoms with Crippen molar-refractivity contribution >= 4 is 42.9 Å². The molecule has 1 aromatic heterocycles. The molecule has 4 heterocycles. The SMILES string of the molecule is CCOc1ccc2c(c1)CC(NCCCCO)C(=O)N2c1ccc(CN2C(=O)[C@]3(O[C@H](CCn4cc(C(CO)c5ccccc5)nn4)[C@@H]([Si](C)(C)O)[C@@H]3C)c3cc([N+](=O)[O-])ccc32)cc1. The molecular weight excluding hydrogens is 847 g/mol. The molecule has 65 heavy (non-hydrogen) atoms. The van der Waals surface area contributed by atoms with Gasteiger partial charge in [0.05, 0.1) is 59.8 Å². The molecule has 4 aromatic carbocycles. The minimum atomic E-state index is -3.07. The lowest BCUT2D eigenvalue weighted by molar-refractivity contribution is -0.385. The highest BCUT2D eigenvalue weighted by atomic mass is 28.4. The Morgan fingerprint density at radius 3 is 2.46 bits per heavy atom.